The third-order valence-electron chi connectivity index (χ3n) is 3.10. The molecule has 0 aromatic heterocycles. The number of carbonyl (C=O) groups is 1. The van der Waals surface area contributed by atoms with E-state index < -0.39 is 0 Å². The van der Waals surface area contributed by atoms with Crippen LogP contribution in [0.5, 0.6) is 0 Å². The van der Waals surface area contributed by atoms with Gasteiger partial charge in [0.1, 0.15) is 0 Å². The van der Waals surface area contributed by atoms with Gasteiger partial charge in [0.25, 0.3) is 0 Å². The quantitative estimate of drug-likeness (QED) is 0.698. The van der Waals surface area contributed by atoms with E-state index in [2.05, 4.69) is 38.3 Å². The molecule has 1 saturated carbocycles. The molecule has 3 nitrogen and oxygen atoms in total. The van der Waals surface area contributed by atoms with Gasteiger partial charge in [0, 0.05) is 6.54 Å². The Balaban J connectivity index is 1.98. The van der Waals surface area contributed by atoms with Crippen LogP contribution in [0, 0.1) is 17.3 Å². The van der Waals surface area contributed by atoms with Gasteiger partial charge >= 0.3 is 0 Å². The molecule has 1 fully saturated rings. The minimum Gasteiger partial charge on any atom is -0.355 e. The Hall–Kier alpha value is -0.570. The maximum atomic E-state index is 11.3. The van der Waals surface area contributed by atoms with Crippen molar-refractivity contribution in [3.63, 3.8) is 0 Å². The second kappa shape index (κ2) is 4.97. The number of amides is 1. The summed E-state index contributed by atoms with van der Waals surface area (Å²) in [4.78, 5) is 11.3. The number of nitrogens with one attached hydrogen (secondary N) is 2. The second-order valence-electron chi connectivity index (χ2n) is 5.72. The van der Waals surface area contributed by atoms with Crippen LogP contribution in [0.25, 0.3) is 0 Å². The van der Waals surface area contributed by atoms with Crippen LogP contribution in [0.15, 0.2) is 0 Å². The number of hydrogen-bond acceptors (Lipinski definition) is 2. The molecule has 1 aliphatic carbocycles. The molecule has 2 N–H and O–H groups in total. The van der Waals surface area contributed by atoms with Gasteiger partial charge in [-0.2, -0.15) is 0 Å². The predicted octanol–water partition coefficient (Wildman–Crippen LogP) is 1.39. The molecule has 1 aliphatic rings. The first-order chi connectivity index (χ1) is 6.92. The molecule has 3 heteroatoms. The van der Waals surface area contributed by atoms with Crippen LogP contribution < -0.4 is 10.6 Å². The van der Waals surface area contributed by atoms with Gasteiger partial charge in [-0.05, 0) is 30.2 Å². The predicted molar refractivity (Wildman–Crippen MR) is 62.6 cm³/mol. The highest BCUT2D eigenvalue weighted by atomic mass is 16.1. The summed E-state index contributed by atoms with van der Waals surface area (Å²) in [5.74, 6) is 1.40. The number of hydrogen-bond donors (Lipinski definition) is 2. The minimum atomic E-state index is 0.113. The fraction of sp³-hybridized carbons (Fsp3) is 0.917. The maximum absolute atomic E-state index is 11.3. The minimum absolute atomic E-state index is 0.113. The van der Waals surface area contributed by atoms with Crippen molar-refractivity contribution in [1.29, 1.82) is 0 Å². The SMILES string of the molecule is CC(C)CNC(=O)CNCC1CC1(C)C. The van der Waals surface area contributed by atoms with Crippen molar-refractivity contribution >= 4 is 5.91 Å². The first kappa shape index (κ1) is 12.5. The van der Waals surface area contributed by atoms with E-state index in [1.165, 1.54) is 6.42 Å². The number of rotatable bonds is 6. The Bertz CT molecular complexity index is 224. The largest absolute Gasteiger partial charge is 0.355 e. The molecule has 1 rings (SSSR count). The van der Waals surface area contributed by atoms with Gasteiger partial charge in [0.2, 0.25) is 5.91 Å². The summed E-state index contributed by atoms with van der Waals surface area (Å²) in [6.45, 7) is 11.0. The van der Waals surface area contributed by atoms with E-state index in [1.54, 1.807) is 0 Å². The molecular formula is C12H24N2O. The topological polar surface area (TPSA) is 41.1 Å². The highest BCUT2D eigenvalue weighted by Gasteiger charge is 2.44. The zero-order valence-corrected chi connectivity index (χ0v) is 10.4. The molecule has 0 aromatic rings. The van der Waals surface area contributed by atoms with Crippen LogP contribution in [0.4, 0.5) is 0 Å². The van der Waals surface area contributed by atoms with Crippen molar-refractivity contribution in [1.82, 2.24) is 10.6 Å². The van der Waals surface area contributed by atoms with Crippen LogP contribution in [0.3, 0.4) is 0 Å². The summed E-state index contributed by atoms with van der Waals surface area (Å²) in [5.41, 5.74) is 0.501. The van der Waals surface area contributed by atoms with Gasteiger partial charge in [-0.25, -0.2) is 0 Å². The molecule has 88 valence electrons. The smallest absolute Gasteiger partial charge is 0.233 e. The van der Waals surface area contributed by atoms with Crippen molar-refractivity contribution in [2.75, 3.05) is 19.6 Å². The lowest BCUT2D eigenvalue weighted by Crippen LogP contribution is -2.36. The summed E-state index contributed by atoms with van der Waals surface area (Å²) in [6, 6.07) is 0. The zero-order valence-electron chi connectivity index (χ0n) is 10.4. The summed E-state index contributed by atoms with van der Waals surface area (Å²) in [5, 5.41) is 6.11. The molecule has 1 unspecified atom stereocenters. The van der Waals surface area contributed by atoms with Gasteiger partial charge in [0.05, 0.1) is 6.54 Å². The Morgan fingerprint density at radius 1 is 1.47 bits per heavy atom. The molecule has 0 bridgehead atoms. The van der Waals surface area contributed by atoms with Crippen LogP contribution in [-0.4, -0.2) is 25.5 Å². The maximum Gasteiger partial charge on any atom is 0.233 e. The lowest BCUT2D eigenvalue weighted by Gasteiger charge is -2.09. The van der Waals surface area contributed by atoms with Gasteiger partial charge in [-0.3, -0.25) is 4.79 Å². The van der Waals surface area contributed by atoms with Crippen molar-refractivity contribution in [3.8, 4) is 0 Å². The molecule has 1 amide bonds. The van der Waals surface area contributed by atoms with Gasteiger partial charge in [-0.1, -0.05) is 27.7 Å². The normalized spacial score (nSPS) is 22.9. The van der Waals surface area contributed by atoms with Crippen LogP contribution >= 0.6 is 0 Å². The first-order valence-electron chi connectivity index (χ1n) is 5.89. The molecular weight excluding hydrogens is 188 g/mol. The van der Waals surface area contributed by atoms with E-state index in [0.717, 1.165) is 19.0 Å². The summed E-state index contributed by atoms with van der Waals surface area (Å²) in [6.07, 6.45) is 1.29. The van der Waals surface area contributed by atoms with Gasteiger partial charge in [0.15, 0.2) is 0 Å². The Morgan fingerprint density at radius 3 is 2.53 bits per heavy atom. The summed E-state index contributed by atoms with van der Waals surface area (Å²) < 4.78 is 0. The Morgan fingerprint density at radius 2 is 2.07 bits per heavy atom. The third-order valence-corrected chi connectivity index (χ3v) is 3.10. The standard InChI is InChI=1S/C12H24N2O/c1-9(2)6-14-11(15)8-13-7-10-5-12(10,3)4/h9-10,13H,5-8H2,1-4H3,(H,14,15). The molecule has 15 heavy (non-hydrogen) atoms. The molecule has 0 saturated heterocycles. The molecule has 0 spiro atoms. The molecule has 1 atom stereocenters. The van der Waals surface area contributed by atoms with E-state index in [-0.39, 0.29) is 5.91 Å². The van der Waals surface area contributed by atoms with E-state index >= 15 is 0 Å². The third kappa shape index (κ3) is 4.65. The highest BCUT2D eigenvalue weighted by Crippen LogP contribution is 2.50. The van der Waals surface area contributed by atoms with Crippen molar-refractivity contribution < 1.29 is 4.79 Å². The number of carbonyl (C=O) groups excluding carboxylic acids is 1. The molecule has 0 heterocycles. The Kier molecular flexibility index (Phi) is 4.14. The average molecular weight is 212 g/mol. The molecule has 0 aliphatic heterocycles. The van der Waals surface area contributed by atoms with E-state index in [0.29, 0.717) is 17.9 Å². The van der Waals surface area contributed by atoms with Crippen LogP contribution in [-0.2, 0) is 4.79 Å². The van der Waals surface area contributed by atoms with Crippen molar-refractivity contribution in [3.05, 3.63) is 0 Å². The summed E-state index contributed by atoms with van der Waals surface area (Å²) >= 11 is 0. The molecule has 0 radical (unpaired) electrons. The van der Waals surface area contributed by atoms with E-state index in [9.17, 15) is 4.79 Å². The highest BCUT2D eigenvalue weighted by molar-refractivity contribution is 5.77. The van der Waals surface area contributed by atoms with Crippen molar-refractivity contribution in [2.45, 2.75) is 34.1 Å². The van der Waals surface area contributed by atoms with Crippen LogP contribution in [0.1, 0.15) is 34.1 Å². The van der Waals surface area contributed by atoms with E-state index in [4.69, 9.17) is 0 Å². The first-order valence-corrected chi connectivity index (χ1v) is 5.89. The summed E-state index contributed by atoms with van der Waals surface area (Å²) in [7, 11) is 0. The Labute approximate surface area is 93.0 Å². The van der Waals surface area contributed by atoms with Gasteiger partial charge in [-0.15, -0.1) is 0 Å². The fourth-order valence-electron chi connectivity index (χ4n) is 1.66. The lowest BCUT2D eigenvalue weighted by molar-refractivity contribution is -0.120. The van der Waals surface area contributed by atoms with Crippen molar-refractivity contribution in [2.24, 2.45) is 17.3 Å². The lowest BCUT2D eigenvalue weighted by atomic mass is 10.1. The zero-order chi connectivity index (χ0) is 11.5. The van der Waals surface area contributed by atoms with Gasteiger partial charge < -0.3 is 10.6 Å². The van der Waals surface area contributed by atoms with Crippen LogP contribution in [0.2, 0.25) is 0 Å². The second-order valence-corrected chi connectivity index (χ2v) is 5.72. The molecule has 0 aromatic carbocycles. The van der Waals surface area contributed by atoms with E-state index in [1.807, 2.05) is 0 Å². The fourth-order valence-corrected chi connectivity index (χ4v) is 1.66. The monoisotopic (exact) mass is 212 g/mol. The average Bonchev–Trinajstić information content (AvgIpc) is 2.71.